The maximum absolute atomic E-state index is 12.7. The van der Waals surface area contributed by atoms with Crippen LogP contribution in [0, 0.1) is 6.92 Å². The molecule has 0 N–H and O–H groups in total. The predicted molar refractivity (Wildman–Crippen MR) is 95.8 cm³/mol. The zero-order valence-electron chi connectivity index (χ0n) is 15.3. The summed E-state index contributed by atoms with van der Waals surface area (Å²) in [5.41, 5.74) is 1.77. The highest BCUT2D eigenvalue weighted by molar-refractivity contribution is 5.94. The number of ether oxygens (including phenoxy) is 3. The summed E-state index contributed by atoms with van der Waals surface area (Å²) in [5.74, 6) is 0.127. The third-order valence-corrected chi connectivity index (χ3v) is 5.32. The Kier molecular flexibility index (Phi) is 6.10. The normalized spacial score (nSPS) is 23.0. The lowest BCUT2D eigenvalue weighted by Crippen LogP contribution is -2.52. The maximum Gasteiger partial charge on any atom is 0.253 e. The van der Waals surface area contributed by atoms with E-state index in [4.69, 9.17) is 14.2 Å². The van der Waals surface area contributed by atoms with E-state index in [0.29, 0.717) is 13.2 Å². The number of piperidine rings is 1. The molecule has 3 rings (SSSR count). The summed E-state index contributed by atoms with van der Waals surface area (Å²) in [6, 6.07) is 7.82. The Bertz CT molecular complexity index is 581. The van der Waals surface area contributed by atoms with Crippen LogP contribution in [0.2, 0.25) is 0 Å². The van der Waals surface area contributed by atoms with Crippen molar-refractivity contribution in [2.45, 2.75) is 44.3 Å². The van der Waals surface area contributed by atoms with E-state index in [0.717, 1.165) is 56.5 Å². The minimum Gasteiger partial charge on any atom is -0.382 e. The molecule has 0 saturated carbocycles. The smallest absolute Gasteiger partial charge is 0.253 e. The number of hydrogen-bond acceptors (Lipinski definition) is 4. The first-order chi connectivity index (χ1) is 12.1. The molecule has 2 aliphatic heterocycles. The van der Waals surface area contributed by atoms with E-state index in [9.17, 15) is 4.79 Å². The molecule has 0 bridgehead atoms. The third-order valence-electron chi connectivity index (χ3n) is 5.32. The van der Waals surface area contributed by atoms with Crippen molar-refractivity contribution in [1.82, 2.24) is 4.90 Å². The summed E-state index contributed by atoms with van der Waals surface area (Å²) in [6.45, 7) is 5.51. The summed E-state index contributed by atoms with van der Waals surface area (Å²) in [7, 11) is 1.69. The zero-order chi connectivity index (χ0) is 17.7. The average Bonchev–Trinajstić information content (AvgIpc) is 2.62. The van der Waals surface area contributed by atoms with E-state index >= 15 is 0 Å². The second kappa shape index (κ2) is 8.30. The van der Waals surface area contributed by atoms with Crippen molar-refractivity contribution in [1.29, 1.82) is 0 Å². The minimum absolute atomic E-state index is 0.126. The van der Waals surface area contributed by atoms with Crippen molar-refractivity contribution >= 4 is 5.91 Å². The molecule has 2 fully saturated rings. The molecule has 0 radical (unpaired) electrons. The molecule has 1 atom stereocenters. The molecular formula is C20H29NO4. The first kappa shape index (κ1) is 18.4. The Morgan fingerprint density at radius 3 is 2.84 bits per heavy atom. The average molecular weight is 347 g/mol. The number of likely N-dealkylation sites (tertiary alicyclic amines) is 1. The van der Waals surface area contributed by atoms with Gasteiger partial charge < -0.3 is 19.1 Å². The third kappa shape index (κ3) is 4.60. The first-order valence-electron chi connectivity index (χ1n) is 9.22. The van der Waals surface area contributed by atoms with Crippen LogP contribution < -0.4 is 0 Å². The predicted octanol–water partition coefficient (Wildman–Crippen LogP) is 2.81. The van der Waals surface area contributed by atoms with Gasteiger partial charge in [-0.05, 0) is 38.3 Å². The maximum atomic E-state index is 12.7. The number of carbonyl (C=O) groups is 1. The van der Waals surface area contributed by atoms with Crippen molar-refractivity contribution in [3.8, 4) is 0 Å². The van der Waals surface area contributed by atoms with E-state index < -0.39 is 0 Å². The van der Waals surface area contributed by atoms with Crippen LogP contribution in [0.4, 0.5) is 0 Å². The lowest BCUT2D eigenvalue weighted by atomic mass is 9.83. The van der Waals surface area contributed by atoms with E-state index in [-0.39, 0.29) is 17.6 Å². The topological polar surface area (TPSA) is 48.0 Å². The molecule has 1 spiro atoms. The molecule has 2 aliphatic rings. The number of hydrogen-bond donors (Lipinski definition) is 0. The van der Waals surface area contributed by atoms with Gasteiger partial charge in [-0.25, -0.2) is 0 Å². The molecular weight excluding hydrogens is 318 g/mol. The van der Waals surface area contributed by atoms with E-state index in [1.165, 1.54) is 0 Å². The summed E-state index contributed by atoms with van der Waals surface area (Å²) in [4.78, 5) is 14.7. The number of amides is 1. The number of methoxy groups -OCH3 is 1. The molecule has 138 valence electrons. The molecule has 2 heterocycles. The molecule has 1 amide bonds. The van der Waals surface area contributed by atoms with E-state index in [2.05, 4.69) is 0 Å². The molecule has 0 aromatic heterocycles. The summed E-state index contributed by atoms with van der Waals surface area (Å²) in [6.07, 6.45) is 3.87. The van der Waals surface area contributed by atoms with Crippen LogP contribution in [0.5, 0.6) is 0 Å². The van der Waals surface area contributed by atoms with Crippen molar-refractivity contribution in [2.75, 3.05) is 40.0 Å². The van der Waals surface area contributed by atoms with Crippen LogP contribution in [-0.4, -0.2) is 62.5 Å². The highest BCUT2D eigenvalue weighted by Gasteiger charge is 2.41. The fourth-order valence-corrected chi connectivity index (χ4v) is 3.85. The van der Waals surface area contributed by atoms with Gasteiger partial charge in [-0.15, -0.1) is 0 Å². The second-order valence-electron chi connectivity index (χ2n) is 7.17. The number of aryl methyl sites for hydroxylation is 1. The first-order valence-corrected chi connectivity index (χ1v) is 9.22. The Labute approximate surface area is 150 Å². The number of rotatable bonds is 5. The van der Waals surface area contributed by atoms with Gasteiger partial charge in [0.2, 0.25) is 0 Å². The Balaban J connectivity index is 1.54. The van der Waals surface area contributed by atoms with Gasteiger partial charge >= 0.3 is 0 Å². The van der Waals surface area contributed by atoms with Gasteiger partial charge in [0.05, 0.1) is 24.9 Å². The molecule has 0 aliphatic carbocycles. The molecule has 5 nitrogen and oxygen atoms in total. The van der Waals surface area contributed by atoms with E-state index in [1.54, 1.807) is 7.11 Å². The van der Waals surface area contributed by atoms with Crippen LogP contribution in [0.25, 0.3) is 0 Å². The standard InChI is InChI=1S/C20H29NO4/c1-16-4-3-5-17(14-16)19(22)21-9-7-20(8-10-21)15-18(6-11-25-20)24-13-12-23-2/h3-5,14,18H,6-13,15H2,1-2H3. The van der Waals surface area contributed by atoms with Gasteiger partial charge in [0.15, 0.2) is 0 Å². The summed E-state index contributed by atoms with van der Waals surface area (Å²) in [5, 5.41) is 0. The lowest BCUT2D eigenvalue weighted by molar-refractivity contribution is -0.154. The Hall–Kier alpha value is -1.43. The summed E-state index contributed by atoms with van der Waals surface area (Å²) < 4.78 is 17.1. The van der Waals surface area contributed by atoms with Gasteiger partial charge in [-0.3, -0.25) is 4.79 Å². The minimum atomic E-state index is -0.126. The second-order valence-corrected chi connectivity index (χ2v) is 7.17. The molecule has 1 unspecified atom stereocenters. The van der Waals surface area contributed by atoms with Crippen molar-refractivity contribution in [2.24, 2.45) is 0 Å². The highest BCUT2D eigenvalue weighted by atomic mass is 16.5. The fourth-order valence-electron chi connectivity index (χ4n) is 3.85. The van der Waals surface area contributed by atoms with Crippen LogP contribution in [0.15, 0.2) is 24.3 Å². The number of nitrogens with zero attached hydrogens (tertiary/aromatic N) is 1. The number of benzene rings is 1. The Morgan fingerprint density at radius 2 is 2.12 bits per heavy atom. The van der Waals surface area contributed by atoms with Crippen molar-refractivity contribution in [3.63, 3.8) is 0 Å². The van der Waals surface area contributed by atoms with Gasteiger partial charge in [-0.1, -0.05) is 17.7 Å². The van der Waals surface area contributed by atoms with Gasteiger partial charge in [0.25, 0.3) is 5.91 Å². The summed E-state index contributed by atoms with van der Waals surface area (Å²) >= 11 is 0. The molecule has 2 saturated heterocycles. The van der Waals surface area contributed by atoms with E-state index in [1.807, 2.05) is 36.1 Å². The zero-order valence-corrected chi connectivity index (χ0v) is 15.3. The molecule has 5 heteroatoms. The monoisotopic (exact) mass is 347 g/mol. The lowest BCUT2D eigenvalue weighted by Gasteiger charge is -2.46. The molecule has 25 heavy (non-hydrogen) atoms. The van der Waals surface area contributed by atoms with Crippen LogP contribution in [-0.2, 0) is 14.2 Å². The van der Waals surface area contributed by atoms with Crippen molar-refractivity contribution < 1.29 is 19.0 Å². The van der Waals surface area contributed by atoms with Crippen LogP contribution >= 0.6 is 0 Å². The van der Waals surface area contributed by atoms with Gasteiger partial charge in [0.1, 0.15) is 0 Å². The SMILES string of the molecule is COCCOC1CCOC2(CCN(C(=O)c3cccc(C)c3)CC2)C1. The quantitative estimate of drug-likeness (QED) is 0.769. The highest BCUT2D eigenvalue weighted by Crippen LogP contribution is 2.36. The number of carbonyl (C=O) groups excluding carboxylic acids is 1. The largest absolute Gasteiger partial charge is 0.382 e. The Morgan fingerprint density at radius 1 is 1.32 bits per heavy atom. The van der Waals surface area contributed by atoms with Gasteiger partial charge in [-0.2, -0.15) is 0 Å². The van der Waals surface area contributed by atoms with Gasteiger partial charge in [0, 0.05) is 38.8 Å². The fraction of sp³-hybridized carbons (Fsp3) is 0.650. The molecule has 1 aromatic rings. The van der Waals surface area contributed by atoms with Crippen LogP contribution in [0.3, 0.4) is 0 Å². The van der Waals surface area contributed by atoms with Crippen molar-refractivity contribution in [3.05, 3.63) is 35.4 Å². The van der Waals surface area contributed by atoms with Crippen LogP contribution in [0.1, 0.15) is 41.6 Å². The molecule has 1 aromatic carbocycles.